The van der Waals surface area contributed by atoms with Crippen molar-refractivity contribution in [3.63, 3.8) is 0 Å². The van der Waals surface area contributed by atoms with Crippen molar-refractivity contribution >= 4 is 21.7 Å². The van der Waals surface area contributed by atoms with Crippen molar-refractivity contribution in [1.29, 1.82) is 0 Å². The molecule has 1 atom stereocenters. The third-order valence-electron chi connectivity index (χ3n) is 3.76. The van der Waals surface area contributed by atoms with Gasteiger partial charge in [0.1, 0.15) is 5.75 Å². The SMILES string of the molecule is COc1ccc(S(=O)(=O)CC(C)C(=O)NC(C)(C)CCC(=O)O)cc1. The fourth-order valence-electron chi connectivity index (χ4n) is 2.22. The highest BCUT2D eigenvalue weighted by Crippen LogP contribution is 2.19. The lowest BCUT2D eigenvalue weighted by Gasteiger charge is -2.27. The van der Waals surface area contributed by atoms with Crippen LogP contribution < -0.4 is 10.1 Å². The van der Waals surface area contributed by atoms with E-state index in [9.17, 15) is 18.0 Å². The van der Waals surface area contributed by atoms with Crippen LogP contribution in [0.1, 0.15) is 33.6 Å². The summed E-state index contributed by atoms with van der Waals surface area (Å²) in [4.78, 5) is 23.0. The standard InChI is InChI=1S/C17H25NO6S/c1-12(16(21)18-17(2,3)10-9-15(19)20)11-25(22,23)14-7-5-13(24-4)6-8-14/h5-8,12H,9-11H2,1-4H3,(H,18,21)(H,19,20). The molecule has 0 heterocycles. The van der Waals surface area contributed by atoms with Crippen LogP contribution in [-0.2, 0) is 19.4 Å². The third-order valence-corrected chi connectivity index (χ3v) is 5.69. The van der Waals surface area contributed by atoms with E-state index in [4.69, 9.17) is 9.84 Å². The van der Waals surface area contributed by atoms with Crippen molar-refractivity contribution in [2.45, 2.75) is 44.0 Å². The fourth-order valence-corrected chi connectivity index (χ4v) is 3.78. The Morgan fingerprint density at radius 3 is 2.28 bits per heavy atom. The highest BCUT2D eigenvalue weighted by Gasteiger charge is 2.28. The molecule has 7 nitrogen and oxygen atoms in total. The molecule has 0 fully saturated rings. The Morgan fingerprint density at radius 2 is 1.80 bits per heavy atom. The zero-order valence-corrected chi connectivity index (χ0v) is 15.7. The van der Waals surface area contributed by atoms with Crippen LogP contribution in [0.5, 0.6) is 5.75 Å². The monoisotopic (exact) mass is 371 g/mol. The van der Waals surface area contributed by atoms with Crippen molar-refractivity contribution in [3.8, 4) is 5.75 Å². The van der Waals surface area contributed by atoms with Crippen LogP contribution in [0.25, 0.3) is 0 Å². The minimum atomic E-state index is -3.62. The number of benzene rings is 1. The van der Waals surface area contributed by atoms with Gasteiger partial charge >= 0.3 is 5.97 Å². The molecule has 140 valence electrons. The van der Waals surface area contributed by atoms with Crippen LogP contribution in [0.2, 0.25) is 0 Å². The van der Waals surface area contributed by atoms with Crippen molar-refractivity contribution in [2.75, 3.05) is 12.9 Å². The first-order valence-electron chi connectivity index (χ1n) is 7.87. The van der Waals surface area contributed by atoms with Crippen LogP contribution in [0.3, 0.4) is 0 Å². The highest BCUT2D eigenvalue weighted by molar-refractivity contribution is 7.91. The third kappa shape index (κ3) is 6.74. The second-order valence-electron chi connectivity index (χ2n) is 6.62. The molecule has 1 amide bonds. The summed E-state index contributed by atoms with van der Waals surface area (Å²) in [6, 6.07) is 5.98. The summed E-state index contributed by atoms with van der Waals surface area (Å²) in [5.74, 6) is -1.92. The van der Waals surface area contributed by atoms with E-state index in [1.165, 1.54) is 26.2 Å². The molecule has 0 bridgehead atoms. The number of ether oxygens (including phenoxy) is 1. The number of carboxylic acid groups (broad SMARTS) is 1. The molecule has 0 aliphatic carbocycles. The first-order chi connectivity index (χ1) is 11.5. The largest absolute Gasteiger partial charge is 0.497 e. The molecule has 0 radical (unpaired) electrons. The van der Waals surface area contributed by atoms with Gasteiger partial charge in [0.15, 0.2) is 9.84 Å². The second kappa shape index (κ2) is 8.33. The molecule has 0 saturated heterocycles. The number of hydrogen-bond donors (Lipinski definition) is 2. The number of rotatable bonds is 9. The van der Waals surface area contributed by atoms with Gasteiger partial charge in [-0.2, -0.15) is 0 Å². The molecular formula is C17H25NO6S. The molecule has 0 aliphatic heterocycles. The van der Waals surface area contributed by atoms with Gasteiger partial charge < -0.3 is 15.2 Å². The summed E-state index contributed by atoms with van der Waals surface area (Å²) in [6.07, 6.45) is 0.178. The Hall–Kier alpha value is -2.09. The van der Waals surface area contributed by atoms with Gasteiger partial charge in [0, 0.05) is 17.9 Å². The van der Waals surface area contributed by atoms with Crippen LogP contribution in [-0.4, -0.2) is 43.8 Å². The smallest absolute Gasteiger partial charge is 0.303 e. The lowest BCUT2D eigenvalue weighted by molar-refractivity contribution is -0.138. The molecule has 0 aliphatic rings. The lowest BCUT2D eigenvalue weighted by atomic mass is 9.97. The Balaban J connectivity index is 2.73. The topological polar surface area (TPSA) is 110 Å². The zero-order chi connectivity index (χ0) is 19.3. The molecule has 2 N–H and O–H groups in total. The highest BCUT2D eigenvalue weighted by atomic mass is 32.2. The van der Waals surface area contributed by atoms with Gasteiger partial charge in [-0.15, -0.1) is 0 Å². The van der Waals surface area contributed by atoms with Gasteiger partial charge in [0.25, 0.3) is 0 Å². The van der Waals surface area contributed by atoms with E-state index in [1.807, 2.05) is 0 Å². The molecule has 0 saturated carbocycles. The predicted octanol–water partition coefficient (Wildman–Crippen LogP) is 1.86. The quantitative estimate of drug-likeness (QED) is 0.686. The van der Waals surface area contributed by atoms with E-state index in [1.54, 1.807) is 26.0 Å². The minimum Gasteiger partial charge on any atom is -0.497 e. The van der Waals surface area contributed by atoms with E-state index in [0.717, 1.165) is 0 Å². The zero-order valence-electron chi connectivity index (χ0n) is 14.9. The molecule has 1 aromatic rings. The van der Waals surface area contributed by atoms with Crippen molar-refractivity contribution < 1.29 is 27.9 Å². The summed E-state index contributed by atoms with van der Waals surface area (Å²) >= 11 is 0. The number of methoxy groups -OCH3 is 1. The molecule has 25 heavy (non-hydrogen) atoms. The number of hydrogen-bond acceptors (Lipinski definition) is 5. The van der Waals surface area contributed by atoms with Crippen molar-refractivity contribution in [1.82, 2.24) is 5.32 Å². The van der Waals surface area contributed by atoms with Gasteiger partial charge in [-0.3, -0.25) is 9.59 Å². The summed E-state index contributed by atoms with van der Waals surface area (Å²) in [7, 11) is -2.13. The molecule has 1 unspecified atom stereocenters. The van der Waals surface area contributed by atoms with Crippen molar-refractivity contribution in [2.24, 2.45) is 5.92 Å². The number of carbonyl (C=O) groups excluding carboxylic acids is 1. The molecule has 1 rings (SSSR count). The number of nitrogens with one attached hydrogen (secondary N) is 1. The average molecular weight is 371 g/mol. The van der Waals surface area contributed by atoms with Crippen LogP contribution in [0, 0.1) is 5.92 Å². The molecule has 0 spiro atoms. The summed E-state index contributed by atoms with van der Waals surface area (Å²) in [5.41, 5.74) is -0.729. The summed E-state index contributed by atoms with van der Waals surface area (Å²) < 4.78 is 29.9. The number of aliphatic carboxylic acids is 1. The normalized spacial score (nSPS) is 13.1. The van der Waals surface area contributed by atoms with Gasteiger partial charge in [0.2, 0.25) is 5.91 Å². The Morgan fingerprint density at radius 1 is 1.24 bits per heavy atom. The second-order valence-corrected chi connectivity index (χ2v) is 8.66. The van der Waals surface area contributed by atoms with Crippen molar-refractivity contribution in [3.05, 3.63) is 24.3 Å². The molecule has 0 aromatic heterocycles. The first-order valence-corrected chi connectivity index (χ1v) is 9.53. The van der Waals surface area contributed by atoms with Crippen LogP contribution in [0.4, 0.5) is 0 Å². The molecule has 1 aromatic carbocycles. The Bertz CT molecular complexity index is 709. The van der Waals surface area contributed by atoms with E-state index < -0.39 is 33.2 Å². The van der Waals surface area contributed by atoms with E-state index in [0.29, 0.717) is 5.75 Å². The minimum absolute atomic E-state index is 0.0776. The summed E-state index contributed by atoms with van der Waals surface area (Å²) in [5, 5.41) is 11.5. The molecular weight excluding hydrogens is 346 g/mol. The number of carbonyl (C=O) groups is 2. The number of amides is 1. The molecule has 8 heteroatoms. The first kappa shape index (κ1) is 21.0. The van der Waals surface area contributed by atoms with E-state index in [-0.39, 0.29) is 23.5 Å². The van der Waals surface area contributed by atoms with Gasteiger partial charge in [-0.05, 0) is 44.5 Å². The fraction of sp³-hybridized carbons (Fsp3) is 0.529. The number of sulfone groups is 1. The van der Waals surface area contributed by atoms with Crippen LogP contribution >= 0.6 is 0 Å². The lowest BCUT2D eigenvalue weighted by Crippen LogP contribution is -2.47. The van der Waals surface area contributed by atoms with Gasteiger partial charge in [0.05, 0.1) is 17.8 Å². The van der Waals surface area contributed by atoms with Crippen LogP contribution in [0.15, 0.2) is 29.2 Å². The maximum absolute atomic E-state index is 12.4. The summed E-state index contributed by atoms with van der Waals surface area (Å²) in [6.45, 7) is 4.95. The van der Waals surface area contributed by atoms with E-state index in [2.05, 4.69) is 5.32 Å². The Kier molecular flexibility index (Phi) is 6.98. The number of carboxylic acids is 1. The van der Waals surface area contributed by atoms with Gasteiger partial charge in [-0.1, -0.05) is 6.92 Å². The average Bonchev–Trinajstić information content (AvgIpc) is 2.52. The maximum atomic E-state index is 12.4. The predicted molar refractivity (Wildman–Crippen MR) is 93.3 cm³/mol. The van der Waals surface area contributed by atoms with E-state index >= 15 is 0 Å². The maximum Gasteiger partial charge on any atom is 0.303 e. The van der Waals surface area contributed by atoms with Gasteiger partial charge in [-0.25, -0.2) is 8.42 Å². The Labute approximate surface area is 148 Å².